The van der Waals surface area contributed by atoms with Crippen molar-refractivity contribution in [3.8, 4) is 0 Å². The normalized spacial score (nSPS) is 11.6. The second-order valence-electron chi connectivity index (χ2n) is 4.50. The highest BCUT2D eigenvalue weighted by atomic mass is 16.4. The molecule has 0 radical (unpaired) electrons. The van der Waals surface area contributed by atoms with Crippen LogP contribution in [0.3, 0.4) is 0 Å². The number of rotatable bonds is 4. The number of carboxylic acid groups (broad SMARTS) is 1. The highest BCUT2D eigenvalue weighted by Crippen LogP contribution is 2.09. The smallest absolute Gasteiger partial charge is 0.326 e. The molecule has 0 bridgehead atoms. The van der Waals surface area contributed by atoms with Crippen molar-refractivity contribution in [3.63, 3.8) is 0 Å². The molecule has 0 aliphatic carbocycles. The molecule has 2 N–H and O–H groups in total. The van der Waals surface area contributed by atoms with Crippen molar-refractivity contribution in [2.75, 3.05) is 12.4 Å². The zero-order valence-electron chi connectivity index (χ0n) is 11.7. The third kappa shape index (κ3) is 3.81. The van der Waals surface area contributed by atoms with Crippen LogP contribution in [0.4, 0.5) is 5.69 Å². The first-order chi connectivity index (χ1) is 9.36. The van der Waals surface area contributed by atoms with Gasteiger partial charge in [0.25, 0.3) is 0 Å². The quantitative estimate of drug-likeness (QED) is 0.812. The average Bonchev–Trinajstić information content (AvgIpc) is 2.40. The van der Waals surface area contributed by atoms with Gasteiger partial charge in [0.05, 0.1) is 0 Å². The molecule has 108 valence electrons. The molecule has 0 fully saturated rings. The van der Waals surface area contributed by atoms with Crippen molar-refractivity contribution in [2.45, 2.75) is 26.3 Å². The van der Waals surface area contributed by atoms with Crippen LogP contribution in [0.25, 0.3) is 0 Å². The minimum absolute atomic E-state index is 0.232. The summed E-state index contributed by atoms with van der Waals surface area (Å²) in [5, 5.41) is 11.4. The number of aliphatic carboxylic acids is 1. The van der Waals surface area contributed by atoms with E-state index >= 15 is 0 Å². The molecular formula is C14H18N2O4. The number of nitrogens with one attached hydrogen (secondary N) is 1. The Morgan fingerprint density at radius 3 is 2.25 bits per heavy atom. The number of hydrogen-bond donors (Lipinski definition) is 2. The molecular weight excluding hydrogens is 260 g/mol. The van der Waals surface area contributed by atoms with E-state index in [2.05, 4.69) is 5.32 Å². The average molecular weight is 278 g/mol. The van der Waals surface area contributed by atoms with Crippen LogP contribution >= 0.6 is 0 Å². The summed E-state index contributed by atoms with van der Waals surface area (Å²) in [6.07, 6.45) is 0.232. The number of carbonyl (C=O) groups excluding carboxylic acids is 2. The zero-order valence-corrected chi connectivity index (χ0v) is 11.7. The molecule has 0 saturated heterocycles. The molecule has 1 aromatic carbocycles. The van der Waals surface area contributed by atoms with Gasteiger partial charge in [-0.25, -0.2) is 4.79 Å². The summed E-state index contributed by atoms with van der Waals surface area (Å²) in [6, 6.07) is 5.95. The Balaban J connectivity index is 2.74. The lowest BCUT2D eigenvalue weighted by molar-refractivity contribution is -0.152. The summed E-state index contributed by atoms with van der Waals surface area (Å²) >= 11 is 0. The number of benzene rings is 1. The fourth-order valence-corrected chi connectivity index (χ4v) is 1.74. The van der Waals surface area contributed by atoms with E-state index < -0.39 is 23.8 Å². The highest BCUT2D eigenvalue weighted by molar-refractivity contribution is 6.39. The third-order valence-electron chi connectivity index (χ3n) is 2.96. The predicted molar refractivity (Wildman–Crippen MR) is 74.3 cm³/mol. The van der Waals surface area contributed by atoms with Crippen LogP contribution in [0.1, 0.15) is 18.9 Å². The number of carboxylic acids is 1. The van der Waals surface area contributed by atoms with Crippen LogP contribution < -0.4 is 5.32 Å². The van der Waals surface area contributed by atoms with E-state index in [1.165, 1.54) is 7.05 Å². The Bertz CT molecular complexity index is 510. The Morgan fingerprint density at radius 1 is 1.25 bits per heavy atom. The third-order valence-corrected chi connectivity index (χ3v) is 2.96. The van der Waals surface area contributed by atoms with Gasteiger partial charge in [0.2, 0.25) is 0 Å². The first-order valence-corrected chi connectivity index (χ1v) is 6.24. The fourth-order valence-electron chi connectivity index (χ4n) is 1.74. The number of aryl methyl sites for hydroxylation is 1. The van der Waals surface area contributed by atoms with Crippen LogP contribution in [0.2, 0.25) is 0 Å². The molecule has 1 rings (SSSR count). The summed E-state index contributed by atoms with van der Waals surface area (Å²) < 4.78 is 0. The Kier molecular flexibility index (Phi) is 5.25. The minimum Gasteiger partial charge on any atom is -0.480 e. The molecule has 0 aliphatic heterocycles. The molecule has 0 aliphatic rings. The van der Waals surface area contributed by atoms with Crippen molar-refractivity contribution < 1.29 is 19.5 Å². The molecule has 1 atom stereocenters. The first kappa shape index (κ1) is 15.7. The molecule has 0 saturated carbocycles. The molecule has 1 aromatic rings. The topological polar surface area (TPSA) is 86.7 Å². The highest BCUT2D eigenvalue weighted by Gasteiger charge is 2.28. The number of likely N-dealkylation sites (N-methyl/N-ethyl adjacent to an activating group) is 1. The van der Waals surface area contributed by atoms with E-state index in [-0.39, 0.29) is 6.42 Å². The summed E-state index contributed by atoms with van der Waals surface area (Å²) in [5.74, 6) is -2.86. The largest absolute Gasteiger partial charge is 0.480 e. The standard InChI is InChI=1S/C14H18N2O4/c1-4-11(14(19)20)16(3)13(18)12(17)15-10-7-5-9(2)6-8-10/h5-8,11H,4H2,1-3H3,(H,15,17)(H,19,20). The van der Waals surface area contributed by atoms with Crippen LogP contribution in [-0.2, 0) is 14.4 Å². The van der Waals surface area contributed by atoms with E-state index in [9.17, 15) is 14.4 Å². The molecule has 0 aromatic heterocycles. The molecule has 6 nitrogen and oxygen atoms in total. The second-order valence-corrected chi connectivity index (χ2v) is 4.50. The number of anilines is 1. The molecule has 0 spiro atoms. The second kappa shape index (κ2) is 6.70. The lowest BCUT2D eigenvalue weighted by Gasteiger charge is -2.22. The zero-order chi connectivity index (χ0) is 15.3. The van der Waals surface area contributed by atoms with Crippen molar-refractivity contribution in [2.24, 2.45) is 0 Å². The monoisotopic (exact) mass is 278 g/mol. The van der Waals surface area contributed by atoms with E-state index in [4.69, 9.17) is 5.11 Å². The maximum absolute atomic E-state index is 11.9. The number of nitrogens with zero attached hydrogens (tertiary/aromatic N) is 1. The van der Waals surface area contributed by atoms with Gasteiger partial charge in [0.15, 0.2) is 0 Å². The molecule has 20 heavy (non-hydrogen) atoms. The number of hydrogen-bond acceptors (Lipinski definition) is 3. The summed E-state index contributed by atoms with van der Waals surface area (Å²) in [7, 11) is 1.30. The lowest BCUT2D eigenvalue weighted by Crippen LogP contribution is -2.46. The van der Waals surface area contributed by atoms with Crippen LogP contribution in [0.15, 0.2) is 24.3 Å². The van der Waals surface area contributed by atoms with Crippen molar-refractivity contribution in [3.05, 3.63) is 29.8 Å². The maximum Gasteiger partial charge on any atom is 0.326 e. The van der Waals surface area contributed by atoms with E-state index in [1.807, 2.05) is 6.92 Å². The van der Waals surface area contributed by atoms with Crippen molar-refractivity contribution in [1.82, 2.24) is 4.90 Å². The van der Waals surface area contributed by atoms with Gasteiger partial charge in [0, 0.05) is 12.7 Å². The molecule has 2 amide bonds. The minimum atomic E-state index is -1.13. The predicted octanol–water partition coefficient (Wildman–Crippen LogP) is 1.26. The van der Waals surface area contributed by atoms with Crippen molar-refractivity contribution in [1.29, 1.82) is 0 Å². The Hall–Kier alpha value is -2.37. The maximum atomic E-state index is 11.9. The van der Waals surface area contributed by atoms with Gasteiger partial charge in [-0.3, -0.25) is 9.59 Å². The van der Waals surface area contributed by atoms with Gasteiger partial charge < -0.3 is 15.3 Å². The summed E-state index contributed by atoms with van der Waals surface area (Å²) in [6.45, 7) is 3.55. The lowest BCUT2D eigenvalue weighted by atomic mass is 10.2. The van der Waals surface area contributed by atoms with E-state index in [1.54, 1.807) is 31.2 Å². The van der Waals surface area contributed by atoms with Crippen LogP contribution in [0.5, 0.6) is 0 Å². The van der Waals surface area contributed by atoms with Gasteiger partial charge in [-0.05, 0) is 25.5 Å². The Morgan fingerprint density at radius 2 is 1.80 bits per heavy atom. The van der Waals surface area contributed by atoms with Gasteiger partial charge in [0.1, 0.15) is 6.04 Å². The van der Waals surface area contributed by atoms with E-state index in [0.717, 1.165) is 10.5 Å². The van der Waals surface area contributed by atoms with Crippen LogP contribution in [-0.4, -0.2) is 40.9 Å². The fraction of sp³-hybridized carbons (Fsp3) is 0.357. The van der Waals surface area contributed by atoms with Gasteiger partial charge in [-0.2, -0.15) is 0 Å². The summed E-state index contributed by atoms with van der Waals surface area (Å²) in [5.41, 5.74) is 1.52. The number of amides is 2. The Labute approximate surface area is 117 Å². The molecule has 1 unspecified atom stereocenters. The SMILES string of the molecule is CCC(C(=O)O)N(C)C(=O)C(=O)Nc1ccc(C)cc1. The van der Waals surface area contributed by atoms with Gasteiger partial charge >= 0.3 is 17.8 Å². The van der Waals surface area contributed by atoms with Crippen LogP contribution in [0, 0.1) is 6.92 Å². The first-order valence-electron chi connectivity index (χ1n) is 6.24. The van der Waals surface area contributed by atoms with Gasteiger partial charge in [-0.15, -0.1) is 0 Å². The van der Waals surface area contributed by atoms with Gasteiger partial charge in [-0.1, -0.05) is 24.6 Å². The molecule has 0 heterocycles. The summed E-state index contributed by atoms with van der Waals surface area (Å²) in [4.78, 5) is 35.6. The van der Waals surface area contributed by atoms with E-state index in [0.29, 0.717) is 5.69 Å². The number of carbonyl (C=O) groups is 3. The van der Waals surface area contributed by atoms with Crippen molar-refractivity contribution >= 4 is 23.5 Å². The molecule has 6 heteroatoms.